The fraction of sp³-hybridized carbons (Fsp3) is 0. The summed E-state index contributed by atoms with van der Waals surface area (Å²) in [7, 11) is 0. The molecular weight excluding hydrogens is 360 g/mol. The molecule has 3 heteroatoms. The Labute approximate surface area is 102 Å². The van der Waals surface area contributed by atoms with Crippen LogP contribution in [0.4, 0.5) is 0 Å². The van der Waals surface area contributed by atoms with Crippen molar-refractivity contribution in [3.8, 4) is 0 Å². The number of halogens is 3. The van der Waals surface area contributed by atoms with Crippen LogP contribution in [-0.2, 0) is 0 Å². The molecule has 0 aliphatic carbocycles. The molecule has 2 rings (SSSR count). The fourth-order valence-corrected chi connectivity index (χ4v) is 3.11. The molecule has 0 saturated carbocycles. The summed E-state index contributed by atoms with van der Waals surface area (Å²) in [6.07, 6.45) is 0. The lowest BCUT2D eigenvalue weighted by atomic mass is 10.1. The highest BCUT2D eigenvalue weighted by molar-refractivity contribution is 9.11. The Bertz CT molecular complexity index is 463. The largest absolute Gasteiger partial charge is 0.0605 e. The smallest absolute Gasteiger partial charge is 0.0265 e. The van der Waals surface area contributed by atoms with Gasteiger partial charge in [0.2, 0.25) is 0 Å². The topological polar surface area (TPSA) is 0 Å². The van der Waals surface area contributed by atoms with E-state index in [0.717, 1.165) is 13.4 Å². The van der Waals surface area contributed by atoms with E-state index in [1.807, 2.05) is 12.1 Å². The van der Waals surface area contributed by atoms with Gasteiger partial charge in [-0.3, -0.25) is 0 Å². The number of fused-ring (bicyclic) bond motifs is 1. The average molecular weight is 365 g/mol. The van der Waals surface area contributed by atoms with Gasteiger partial charge in [0.25, 0.3) is 0 Å². The van der Waals surface area contributed by atoms with Gasteiger partial charge < -0.3 is 0 Å². The Balaban J connectivity index is 2.94. The molecule has 0 spiro atoms. The fourth-order valence-electron chi connectivity index (χ4n) is 1.27. The minimum atomic E-state index is 1.08. The lowest BCUT2D eigenvalue weighted by molar-refractivity contribution is 1.64. The minimum absolute atomic E-state index is 1.08. The molecule has 66 valence electrons. The van der Waals surface area contributed by atoms with Crippen molar-refractivity contribution in [3.63, 3.8) is 0 Å². The predicted octanol–water partition coefficient (Wildman–Crippen LogP) is 5.13. The second-order valence-corrected chi connectivity index (χ2v) is 5.35. The van der Waals surface area contributed by atoms with Gasteiger partial charge in [-0.2, -0.15) is 0 Å². The molecule has 0 bridgehead atoms. The molecular formula is C10H5Br3. The maximum atomic E-state index is 3.53. The first-order valence-electron chi connectivity index (χ1n) is 3.72. The van der Waals surface area contributed by atoms with E-state index in [1.54, 1.807) is 0 Å². The van der Waals surface area contributed by atoms with Crippen molar-refractivity contribution < 1.29 is 0 Å². The van der Waals surface area contributed by atoms with E-state index >= 15 is 0 Å². The van der Waals surface area contributed by atoms with Gasteiger partial charge in [0.15, 0.2) is 0 Å². The van der Waals surface area contributed by atoms with E-state index in [2.05, 4.69) is 66.0 Å². The van der Waals surface area contributed by atoms with Crippen molar-refractivity contribution >= 4 is 58.6 Å². The molecule has 0 aliphatic heterocycles. The molecule has 0 N–H and O–H groups in total. The zero-order valence-corrected chi connectivity index (χ0v) is 11.3. The van der Waals surface area contributed by atoms with Gasteiger partial charge >= 0.3 is 0 Å². The first-order chi connectivity index (χ1) is 6.18. The summed E-state index contributed by atoms with van der Waals surface area (Å²) in [6.45, 7) is 0. The summed E-state index contributed by atoms with van der Waals surface area (Å²) >= 11 is 10.5. The molecule has 2 aromatic rings. The van der Waals surface area contributed by atoms with Crippen LogP contribution in [0.25, 0.3) is 10.8 Å². The van der Waals surface area contributed by atoms with Gasteiger partial charge in [-0.05, 0) is 29.0 Å². The lowest BCUT2D eigenvalue weighted by Crippen LogP contribution is -1.76. The Kier molecular flexibility index (Phi) is 2.77. The highest BCUT2D eigenvalue weighted by Crippen LogP contribution is 2.32. The minimum Gasteiger partial charge on any atom is -0.0605 e. The van der Waals surface area contributed by atoms with Gasteiger partial charge in [-0.25, -0.2) is 0 Å². The van der Waals surface area contributed by atoms with Crippen molar-refractivity contribution in [3.05, 3.63) is 43.7 Å². The normalized spacial score (nSPS) is 10.7. The summed E-state index contributed by atoms with van der Waals surface area (Å²) in [5.74, 6) is 0. The Morgan fingerprint density at radius 1 is 0.769 bits per heavy atom. The van der Waals surface area contributed by atoms with Crippen molar-refractivity contribution in [1.29, 1.82) is 0 Å². The van der Waals surface area contributed by atoms with E-state index in [0.29, 0.717) is 0 Å². The predicted molar refractivity (Wildman–Crippen MR) is 67.0 cm³/mol. The van der Waals surface area contributed by atoms with E-state index in [4.69, 9.17) is 0 Å². The molecule has 0 unspecified atom stereocenters. The maximum Gasteiger partial charge on any atom is 0.0265 e. The maximum absolute atomic E-state index is 3.53. The van der Waals surface area contributed by atoms with Crippen LogP contribution in [0.3, 0.4) is 0 Å². The van der Waals surface area contributed by atoms with Gasteiger partial charge in [0.1, 0.15) is 0 Å². The van der Waals surface area contributed by atoms with Crippen LogP contribution in [0.15, 0.2) is 43.7 Å². The highest BCUT2D eigenvalue weighted by atomic mass is 79.9. The van der Waals surface area contributed by atoms with E-state index in [9.17, 15) is 0 Å². The first kappa shape index (κ1) is 9.69. The summed E-state index contributed by atoms with van der Waals surface area (Å²) in [4.78, 5) is 0. The summed E-state index contributed by atoms with van der Waals surface area (Å²) in [6, 6.07) is 10.3. The SMILES string of the molecule is Brc1cc(Br)c2cccc(Br)c2c1. The number of rotatable bonds is 0. The number of hydrogen-bond donors (Lipinski definition) is 0. The van der Waals surface area contributed by atoms with Crippen LogP contribution in [0.1, 0.15) is 0 Å². The highest BCUT2D eigenvalue weighted by Gasteiger charge is 2.02. The molecule has 0 atom stereocenters. The second kappa shape index (κ2) is 3.71. The quantitative estimate of drug-likeness (QED) is 0.608. The summed E-state index contributed by atoms with van der Waals surface area (Å²) in [5.41, 5.74) is 0. The van der Waals surface area contributed by atoms with Gasteiger partial charge in [0.05, 0.1) is 0 Å². The third kappa shape index (κ3) is 1.83. The van der Waals surface area contributed by atoms with Crippen LogP contribution in [0.5, 0.6) is 0 Å². The molecule has 0 aromatic heterocycles. The van der Waals surface area contributed by atoms with Gasteiger partial charge in [-0.1, -0.05) is 59.9 Å². The standard InChI is InChI=1S/C10H5Br3/c11-6-4-8-7(10(13)5-6)2-1-3-9(8)12/h1-5H. The lowest BCUT2D eigenvalue weighted by Gasteiger charge is -2.03. The first-order valence-corrected chi connectivity index (χ1v) is 6.09. The third-order valence-electron chi connectivity index (χ3n) is 1.86. The molecule has 0 saturated heterocycles. The molecule has 0 nitrogen and oxygen atoms in total. The van der Waals surface area contributed by atoms with Crippen molar-refractivity contribution in [2.75, 3.05) is 0 Å². The van der Waals surface area contributed by atoms with Gasteiger partial charge in [0, 0.05) is 13.4 Å². The molecule has 0 radical (unpaired) electrons. The zero-order chi connectivity index (χ0) is 9.42. The van der Waals surface area contributed by atoms with Gasteiger partial charge in [-0.15, -0.1) is 0 Å². The van der Waals surface area contributed by atoms with Crippen LogP contribution in [0, 0.1) is 0 Å². The van der Waals surface area contributed by atoms with Crippen molar-refractivity contribution in [1.82, 2.24) is 0 Å². The number of hydrogen-bond acceptors (Lipinski definition) is 0. The van der Waals surface area contributed by atoms with E-state index < -0.39 is 0 Å². The Morgan fingerprint density at radius 2 is 1.54 bits per heavy atom. The van der Waals surface area contributed by atoms with E-state index in [1.165, 1.54) is 10.8 Å². The van der Waals surface area contributed by atoms with Crippen LogP contribution < -0.4 is 0 Å². The summed E-state index contributed by atoms with van der Waals surface area (Å²) in [5, 5.41) is 2.43. The zero-order valence-electron chi connectivity index (χ0n) is 6.52. The Hall–Kier alpha value is 0.140. The molecule has 2 aromatic carbocycles. The second-order valence-electron chi connectivity index (χ2n) is 2.72. The molecule has 0 aliphatic rings. The number of benzene rings is 2. The molecule has 0 amide bonds. The third-order valence-corrected chi connectivity index (χ3v) is 3.66. The summed E-state index contributed by atoms with van der Waals surface area (Å²) < 4.78 is 3.31. The van der Waals surface area contributed by atoms with Crippen LogP contribution in [0.2, 0.25) is 0 Å². The monoisotopic (exact) mass is 362 g/mol. The van der Waals surface area contributed by atoms with Crippen LogP contribution in [-0.4, -0.2) is 0 Å². The molecule has 0 heterocycles. The van der Waals surface area contributed by atoms with Crippen LogP contribution >= 0.6 is 47.8 Å². The van der Waals surface area contributed by atoms with Crippen molar-refractivity contribution in [2.24, 2.45) is 0 Å². The average Bonchev–Trinajstić information content (AvgIpc) is 2.07. The Morgan fingerprint density at radius 3 is 2.31 bits per heavy atom. The van der Waals surface area contributed by atoms with Crippen molar-refractivity contribution in [2.45, 2.75) is 0 Å². The molecule has 13 heavy (non-hydrogen) atoms. The molecule has 0 fully saturated rings. The van der Waals surface area contributed by atoms with E-state index in [-0.39, 0.29) is 0 Å².